The maximum atomic E-state index is 11.5. The van der Waals surface area contributed by atoms with E-state index in [1.165, 1.54) is 0 Å². The molecule has 1 aliphatic rings. The highest BCUT2D eigenvalue weighted by Gasteiger charge is 2.31. The molecular weight excluding hydrogens is 262 g/mol. The van der Waals surface area contributed by atoms with E-state index in [2.05, 4.69) is 12.2 Å². The molecule has 0 spiro atoms. The molecule has 0 saturated heterocycles. The Morgan fingerprint density at radius 1 is 1.32 bits per heavy atom. The summed E-state index contributed by atoms with van der Waals surface area (Å²) in [6, 6.07) is 6.74. The molecule has 2 rings (SSSR count). The summed E-state index contributed by atoms with van der Waals surface area (Å²) in [7, 11) is 0. The number of carboxylic acids is 1. The van der Waals surface area contributed by atoms with Crippen LogP contribution in [-0.4, -0.2) is 17.1 Å². The molecule has 1 unspecified atom stereocenters. The fourth-order valence-electron chi connectivity index (χ4n) is 2.75. The zero-order valence-electron chi connectivity index (χ0n) is 11.1. The maximum absolute atomic E-state index is 11.5. The fraction of sp³-hybridized carbons (Fsp3) is 0.533. The predicted octanol–water partition coefficient (Wildman–Crippen LogP) is 4.03. The van der Waals surface area contributed by atoms with Gasteiger partial charge in [0, 0.05) is 0 Å². The lowest BCUT2D eigenvalue weighted by Gasteiger charge is -2.31. The number of carbonyl (C=O) groups is 1. The van der Waals surface area contributed by atoms with Gasteiger partial charge in [0.25, 0.3) is 0 Å². The predicted molar refractivity (Wildman–Crippen MR) is 77.6 cm³/mol. The van der Waals surface area contributed by atoms with Gasteiger partial charge in [-0.2, -0.15) is 0 Å². The van der Waals surface area contributed by atoms with E-state index in [9.17, 15) is 9.90 Å². The Balaban J connectivity index is 2.09. The van der Waals surface area contributed by atoms with Crippen LogP contribution in [-0.2, 0) is 4.79 Å². The average molecular weight is 282 g/mol. The van der Waals surface area contributed by atoms with Crippen molar-refractivity contribution in [3.63, 3.8) is 0 Å². The van der Waals surface area contributed by atoms with Crippen molar-refractivity contribution < 1.29 is 9.90 Å². The SMILES string of the molecule is CC1CCC(C(Nc2ccccc2Cl)C(=O)O)CC1. The van der Waals surface area contributed by atoms with E-state index in [-0.39, 0.29) is 5.92 Å². The van der Waals surface area contributed by atoms with Gasteiger partial charge in [0.15, 0.2) is 0 Å². The highest BCUT2D eigenvalue weighted by molar-refractivity contribution is 6.33. The number of benzene rings is 1. The lowest BCUT2D eigenvalue weighted by Crippen LogP contribution is -2.38. The standard InChI is InChI=1S/C15H20ClNO2/c1-10-6-8-11(9-7-10)14(15(18)19)17-13-5-3-2-4-12(13)16/h2-5,10-11,14,17H,6-9H2,1H3,(H,18,19). The van der Waals surface area contributed by atoms with E-state index >= 15 is 0 Å². The number of aliphatic carboxylic acids is 1. The summed E-state index contributed by atoms with van der Waals surface area (Å²) in [5.74, 6) is 0.107. The molecule has 19 heavy (non-hydrogen) atoms. The van der Waals surface area contributed by atoms with Crippen molar-refractivity contribution in [2.24, 2.45) is 11.8 Å². The molecule has 1 saturated carbocycles. The molecule has 0 radical (unpaired) electrons. The minimum absolute atomic E-state index is 0.185. The molecular formula is C15H20ClNO2. The van der Waals surface area contributed by atoms with Crippen LogP contribution in [0, 0.1) is 11.8 Å². The molecule has 1 fully saturated rings. The quantitative estimate of drug-likeness (QED) is 0.876. The van der Waals surface area contributed by atoms with Crippen LogP contribution in [0.5, 0.6) is 0 Å². The Hall–Kier alpha value is -1.22. The van der Waals surface area contributed by atoms with Crippen molar-refractivity contribution in [2.75, 3.05) is 5.32 Å². The van der Waals surface area contributed by atoms with Crippen LogP contribution in [0.3, 0.4) is 0 Å². The van der Waals surface area contributed by atoms with Crippen LogP contribution in [0.2, 0.25) is 5.02 Å². The number of anilines is 1. The van der Waals surface area contributed by atoms with E-state index in [4.69, 9.17) is 11.6 Å². The zero-order valence-corrected chi connectivity index (χ0v) is 11.9. The zero-order chi connectivity index (χ0) is 13.8. The first kappa shape index (κ1) is 14.2. The highest BCUT2D eigenvalue weighted by Crippen LogP contribution is 2.32. The number of hydrogen-bond donors (Lipinski definition) is 2. The molecule has 3 nitrogen and oxygen atoms in total. The largest absolute Gasteiger partial charge is 0.480 e. The van der Waals surface area contributed by atoms with Crippen LogP contribution in [0.25, 0.3) is 0 Å². The Labute approximate surface area is 119 Å². The van der Waals surface area contributed by atoms with Gasteiger partial charge in [0.05, 0.1) is 10.7 Å². The third-order valence-electron chi connectivity index (χ3n) is 3.98. The summed E-state index contributed by atoms with van der Waals surface area (Å²) in [6.07, 6.45) is 4.16. The summed E-state index contributed by atoms with van der Waals surface area (Å²) < 4.78 is 0. The van der Waals surface area contributed by atoms with Crippen molar-refractivity contribution in [1.29, 1.82) is 0 Å². The first-order valence-corrected chi connectivity index (χ1v) is 7.19. The Bertz CT molecular complexity index is 442. The minimum atomic E-state index is -0.792. The van der Waals surface area contributed by atoms with Gasteiger partial charge in [0.2, 0.25) is 0 Å². The van der Waals surface area contributed by atoms with E-state index < -0.39 is 12.0 Å². The molecule has 1 aromatic rings. The first-order valence-electron chi connectivity index (χ1n) is 6.82. The Morgan fingerprint density at radius 3 is 2.53 bits per heavy atom. The molecule has 1 atom stereocenters. The van der Waals surface area contributed by atoms with Crippen molar-refractivity contribution in [3.8, 4) is 0 Å². The Morgan fingerprint density at radius 2 is 1.95 bits per heavy atom. The van der Waals surface area contributed by atoms with Crippen molar-refractivity contribution in [1.82, 2.24) is 0 Å². The van der Waals surface area contributed by atoms with Crippen LogP contribution in [0.4, 0.5) is 5.69 Å². The second-order valence-electron chi connectivity index (χ2n) is 5.46. The van der Waals surface area contributed by atoms with Gasteiger partial charge in [0.1, 0.15) is 6.04 Å². The van der Waals surface area contributed by atoms with Crippen molar-refractivity contribution in [2.45, 2.75) is 38.6 Å². The average Bonchev–Trinajstić information content (AvgIpc) is 2.39. The normalized spacial score (nSPS) is 24.7. The van der Waals surface area contributed by atoms with E-state index in [1.807, 2.05) is 18.2 Å². The fourth-order valence-corrected chi connectivity index (χ4v) is 2.94. The van der Waals surface area contributed by atoms with Gasteiger partial charge >= 0.3 is 5.97 Å². The van der Waals surface area contributed by atoms with E-state index in [0.29, 0.717) is 16.6 Å². The van der Waals surface area contributed by atoms with Crippen molar-refractivity contribution >= 4 is 23.3 Å². The summed E-state index contributed by atoms with van der Waals surface area (Å²) in [4.78, 5) is 11.5. The number of rotatable bonds is 4. The van der Waals surface area contributed by atoms with E-state index in [0.717, 1.165) is 25.7 Å². The minimum Gasteiger partial charge on any atom is -0.480 e. The molecule has 0 aromatic heterocycles. The monoisotopic (exact) mass is 281 g/mol. The Kier molecular flexibility index (Phi) is 4.70. The third kappa shape index (κ3) is 3.63. The van der Waals surface area contributed by atoms with Gasteiger partial charge in [-0.05, 0) is 36.8 Å². The third-order valence-corrected chi connectivity index (χ3v) is 4.31. The summed E-state index contributed by atoms with van der Waals surface area (Å²) in [5.41, 5.74) is 0.704. The van der Waals surface area contributed by atoms with Gasteiger partial charge < -0.3 is 10.4 Å². The molecule has 0 heterocycles. The highest BCUT2D eigenvalue weighted by atomic mass is 35.5. The van der Waals surface area contributed by atoms with Gasteiger partial charge in [-0.25, -0.2) is 4.79 Å². The summed E-state index contributed by atoms with van der Waals surface area (Å²) >= 11 is 6.08. The molecule has 0 aliphatic heterocycles. The lowest BCUT2D eigenvalue weighted by molar-refractivity contribution is -0.139. The van der Waals surface area contributed by atoms with Gasteiger partial charge in [-0.15, -0.1) is 0 Å². The molecule has 0 bridgehead atoms. The summed E-state index contributed by atoms with van der Waals surface area (Å²) in [5, 5.41) is 13.1. The van der Waals surface area contributed by atoms with E-state index in [1.54, 1.807) is 6.07 Å². The molecule has 104 valence electrons. The molecule has 0 amide bonds. The number of nitrogens with one attached hydrogen (secondary N) is 1. The maximum Gasteiger partial charge on any atom is 0.326 e. The number of hydrogen-bond acceptors (Lipinski definition) is 2. The number of para-hydroxylation sites is 1. The van der Waals surface area contributed by atoms with Gasteiger partial charge in [-0.1, -0.05) is 43.5 Å². The second kappa shape index (κ2) is 6.29. The molecule has 1 aromatic carbocycles. The number of carboxylic acid groups (broad SMARTS) is 1. The van der Waals surface area contributed by atoms with Crippen LogP contribution in [0.15, 0.2) is 24.3 Å². The topological polar surface area (TPSA) is 49.3 Å². The van der Waals surface area contributed by atoms with Gasteiger partial charge in [-0.3, -0.25) is 0 Å². The lowest BCUT2D eigenvalue weighted by atomic mass is 9.79. The van der Waals surface area contributed by atoms with Crippen LogP contribution in [0.1, 0.15) is 32.6 Å². The first-order chi connectivity index (χ1) is 9.08. The van der Waals surface area contributed by atoms with Crippen LogP contribution >= 0.6 is 11.6 Å². The van der Waals surface area contributed by atoms with Crippen molar-refractivity contribution in [3.05, 3.63) is 29.3 Å². The van der Waals surface area contributed by atoms with Crippen LogP contribution < -0.4 is 5.32 Å². The summed E-state index contributed by atoms with van der Waals surface area (Å²) in [6.45, 7) is 2.23. The number of halogens is 1. The molecule has 2 N–H and O–H groups in total. The second-order valence-corrected chi connectivity index (χ2v) is 5.87. The smallest absolute Gasteiger partial charge is 0.326 e. The molecule has 1 aliphatic carbocycles. The molecule has 4 heteroatoms.